The molecule has 1 aliphatic heterocycles. The number of hydrogen-bond acceptors (Lipinski definition) is 9. The highest BCUT2D eigenvalue weighted by molar-refractivity contribution is 7.13. The molecule has 0 atom stereocenters. The van der Waals surface area contributed by atoms with E-state index in [-0.39, 0.29) is 23.5 Å². The van der Waals surface area contributed by atoms with E-state index in [1.165, 1.54) is 23.7 Å². The Bertz CT molecular complexity index is 1120. The number of aromatic nitrogens is 3. The standard InChI is InChI=1S/C21H23N7O3S/c1-23-21(19(22)30)6-8-28(9-7-21)16-5-3-2-4-14(16)26-17(29)15-12-32-18(27-15)13-10-24-20(31)25-11-13/h2-5,10-12,23H,6-9H2,1H3,(H2,22,30)(H,26,29)(H,24,25,31). The number of hydrogen-bond donors (Lipinski definition) is 4. The normalized spacial score (nSPS) is 15.3. The third kappa shape index (κ3) is 4.25. The van der Waals surface area contributed by atoms with Crippen molar-refractivity contribution in [1.29, 1.82) is 0 Å². The summed E-state index contributed by atoms with van der Waals surface area (Å²) in [6.07, 6.45) is 4.05. The molecule has 2 amide bonds. The second-order valence-electron chi connectivity index (χ2n) is 7.46. The Morgan fingerprint density at radius 1 is 1.19 bits per heavy atom. The number of anilines is 2. The van der Waals surface area contributed by atoms with Crippen molar-refractivity contribution in [2.24, 2.45) is 5.73 Å². The van der Waals surface area contributed by atoms with Gasteiger partial charge >= 0.3 is 6.01 Å². The molecule has 3 heterocycles. The summed E-state index contributed by atoms with van der Waals surface area (Å²) in [7, 11) is 1.75. The van der Waals surface area contributed by atoms with Gasteiger partial charge in [0.2, 0.25) is 5.91 Å². The molecule has 32 heavy (non-hydrogen) atoms. The van der Waals surface area contributed by atoms with Gasteiger partial charge < -0.3 is 26.4 Å². The van der Waals surface area contributed by atoms with E-state index in [1.54, 1.807) is 12.4 Å². The van der Waals surface area contributed by atoms with Crippen LogP contribution in [0.15, 0.2) is 42.0 Å². The second kappa shape index (κ2) is 8.89. The predicted molar refractivity (Wildman–Crippen MR) is 122 cm³/mol. The van der Waals surface area contributed by atoms with Crippen molar-refractivity contribution in [3.05, 3.63) is 47.7 Å². The van der Waals surface area contributed by atoms with E-state index >= 15 is 0 Å². The number of benzene rings is 1. The minimum Gasteiger partial charge on any atom is -0.479 e. The smallest absolute Gasteiger partial charge is 0.313 e. The molecule has 1 aromatic carbocycles. The molecule has 0 bridgehead atoms. The van der Waals surface area contributed by atoms with Crippen molar-refractivity contribution < 1.29 is 14.7 Å². The average molecular weight is 454 g/mol. The predicted octanol–water partition coefficient (Wildman–Crippen LogP) is 1.60. The molecule has 1 aliphatic rings. The third-order valence-electron chi connectivity index (χ3n) is 5.68. The van der Waals surface area contributed by atoms with Crippen molar-refractivity contribution in [1.82, 2.24) is 20.3 Å². The molecule has 166 valence electrons. The fraction of sp³-hybridized carbons (Fsp3) is 0.286. The van der Waals surface area contributed by atoms with Crippen LogP contribution in [0.4, 0.5) is 11.4 Å². The second-order valence-corrected chi connectivity index (χ2v) is 8.32. The van der Waals surface area contributed by atoms with Gasteiger partial charge in [-0.2, -0.15) is 0 Å². The molecule has 5 N–H and O–H groups in total. The number of amides is 2. The largest absolute Gasteiger partial charge is 0.479 e. The molecular weight excluding hydrogens is 430 g/mol. The van der Waals surface area contributed by atoms with Crippen LogP contribution in [0.2, 0.25) is 0 Å². The summed E-state index contributed by atoms with van der Waals surface area (Å²) in [5, 5.41) is 17.5. The molecule has 0 unspecified atom stereocenters. The number of nitrogens with two attached hydrogens (primary N) is 1. The van der Waals surface area contributed by atoms with Crippen molar-refractivity contribution in [3.63, 3.8) is 0 Å². The van der Waals surface area contributed by atoms with Gasteiger partial charge in [0.05, 0.1) is 11.4 Å². The van der Waals surface area contributed by atoms with E-state index in [9.17, 15) is 14.7 Å². The van der Waals surface area contributed by atoms with Crippen molar-refractivity contribution in [2.75, 3.05) is 30.4 Å². The van der Waals surface area contributed by atoms with Gasteiger partial charge in [0.15, 0.2) is 0 Å². The number of para-hydroxylation sites is 2. The maximum atomic E-state index is 12.9. The zero-order valence-electron chi connectivity index (χ0n) is 17.4. The fourth-order valence-electron chi connectivity index (χ4n) is 3.73. The number of thiazole rings is 1. The van der Waals surface area contributed by atoms with Crippen LogP contribution >= 0.6 is 11.3 Å². The first-order valence-corrected chi connectivity index (χ1v) is 10.9. The lowest BCUT2D eigenvalue weighted by molar-refractivity contribution is -0.125. The van der Waals surface area contributed by atoms with E-state index in [1.807, 2.05) is 24.3 Å². The lowest BCUT2D eigenvalue weighted by Crippen LogP contribution is -2.59. The number of nitrogens with zero attached hydrogens (tertiary/aromatic N) is 4. The molecular formula is C21H23N7O3S. The maximum Gasteiger partial charge on any atom is 0.313 e. The molecule has 0 saturated carbocycles. The molecule has 11 heteroatoms. The number of carbonyl (C=O) groups is 2. The number of primary amides is 1. The number of carbonyl (C=O) groups excluding carboxylic acids is 2. The molecule has 1 fully saturated rings. The van der Waals surface area contributed by atoms with Crippen LogP contribution in [0.1, 0.15) is 23.3 Å². The SMILES string of the molecule is CNC1(C(N)=O)CCN(c2ccccc2NC(=O)c2csc(-c3cnc(O)nc3)n2)CC1. The van der Waals surface area contributed by atoms with Crippen LogP contribution in [0, 0.1) is 0 Å². The number of likely N-dealkylation sites (N-methyl/N-ethyl adjacent to an activating group) is 1. The average Bonchev–Trinajstić information content (AvgIpc) is 3.30. The van der Waals surface area contributed by atoms with Crippen LogP contribution in [-0.4, -0.2) is 57.5 Å². The topological polar surface area (TPSA) is 146 Å². The molecule has 3 aromatic rings. The minimum absolute atomic E-state index is 0.273. The Balaban J connectivity index is 1.49. The molecule has 0 spiro atoms. The number of aromatic hydroxyl groups is 1. The summed E-state index contributed by atoms with van der Waals surface area (Å²) in [5.41, 5.74) is 7.32. The Hall–Kier alpha value is -3.57. The number of piperidine rings is 1. The Morgan fingerprint density at radius 2 is 1.88 bits per heavy atom. The Labute approximate surface area is 188 Å². The van der Waals surface area contributed by atoms with Gasteiger partial charge in [0, 0.05) is 36.4 Å². The highest BCUT2D eigenvalue weighted by Crippen LogP contribution is 2.32. The zero-order chi connectivity index (χ0) is 22.7. The summed E-state index contributed by atoms with van der Waals surface area (Å²) in [6.45, 7) is 1.25. The van der Waals surface area contributed by atoms with E-state index in [0.29, 0.717) is 42.2 Å². The molecule has 0 aliphatic carbocycles. The van der Waals surface area contributed by atoms with Crippen LogP contribution in [0.25, 0.3) is 10.6 Å². The first-order chi connectivity index (χ1) is 15.4. The van der Waals surface area contributed by atoms with E-state index in [0.717, 1.165) is 5.69 Å². The van der Waals surface area contributed by atoms with Gasteiger partial charge in [-0.3, -0.25) is 9.59 Å². The van der Waals surface area contributed by atoms with Crippen LogP contribution in [0.5, 0.6) is 6.01 Å². The Morgan fingerprint density at radius 3 is 2.53 bits per heavy atom. The quantitative estimate of drug-likeness (QED) is 0.440. The monoisotopic (exact) mass is 453 g/mol. The van der Waals surface area contributed by atoms with Gasteiger partial charge in [0.25, 0.3) is 5.91 Å². The first kappa shape index (κ1) is 21.7. The summed E-state index contributed by atoms with van der Waals surface area (Å²) in [5.74, 6) is -0.682. The van der Waals surface area contributed by atoms with Crippen LogP contribution in [-0.2, 0) is 4.79 Å². The number of rotatable bonds is 6. The van der Waals surface area contributed by atoms with Crippen LogP contribution < -0.4 is 21.3 Å². The molecule has 10 nitrogen and oxygen atoms in total. The molecule has 2 aromatic heterocycles. The maximum absolute atomic E-state index is 12.9. The molecule has 0 radical (unpaired) electrons. The first-order valence-electron chi connectivity index (χ1n) is 10.0. The lowest BCUT2D eigenvalue weighted by atomic mass is 9.86. The summed E-state index contributed by atoms with van der Waals surface area (Å²) in [6, 6.07) is 7.21. The Kier molecular flexibility index (Phi) is 6.01. The van der Waals surface area contributed by atoms with Gasteiger partial charge in [-0.15, -0.1) is 11.3 Å². The van der Waals surface area contributed by atoms with Crippen molar-refractivity contribution >= 4 is 34.5 Å². The minimum atomic E-state index is -0.705. The third-order valence-corrected chi connectivity index (χ3v) is 6.57. The van der Waals surface area contributed by atoms with Gasteiger partial charge in [0.1, 0.15) is 16.2 Å². The lowest BCUT2D eigenvalue weighted by Gasteiger charge is -2.41. The van der Waals surface area contributed by atoms with Gasteiger partial charge in [-0.1, -0.05) is 12.1 Å². The summed E-state index contributed by atoms with van der Waals surface area (Å²) in [4.78, 5) is 38.7. The molecule has 1 saturated heterocycles. The highest BCUT2D eigenvalue weighted by atomic mass is 32.1. The van der Waals surface area contributed by atoms with Crippen molar-refractivity contribution in [3.8, 4) is 16.6 Å². The van der Waals surface area contributed by atoms with Crippen molar-refractivity contribution in [2.45, 2.75) is 18.4 Å². The van der Waals surface area contributed by atoms with Crippen LogP contribution in [0.3, 0.4) is 0 Å². The zero-order valence-corrected chi connectivity index (χ0v) is 18.2. The molecule has 4 rings (SSSR count). The van der Waals surface area contributed by atoms with E-state index < -0.39 is 5.54 Å². The highest BCUT2D eigenvalue weighted by Gasteiger charge is 2.38. The summed E-state index contributed by atoms with van der Waals surface area (Å²) >= 11 is 1.29. The summed E-state index contributed by atoms with van der Waals surface area (Å²) < 4.78 is 0. The van der Waals surface area contributed by atoms with Gasteiger partial charge in [-0.05, 0) is 32.0 Å². The van der Waals surface area contributed by atoms with E-state index in [4.69, 9.17) is 5.73 Å². The van der Waals surface area contributed by atoms with E-state index in [2.05, 4.69) is 30.5 Å². The fourth-order valence-corrected chi connectivity index (χ4v) is 4.51. The van der Waals surface area contributed by atoms with Gasteiger partial charge in [-0.25, -0.2) is 15.0 Å². The number of nitrogens with one attached hydrogen (secondary N) is 2.